The lowest BCUT2D eigenvalue weighted by atomic mass is 10.2. The monoisotopic (exact) mass is 168 g/mol. The van der Waals surface area contributed by atoms with Gasteiger partial charge in [0.05, 0.1) is 0 Å². The lowest BCUT2D eigenvalue weighted by Gasteiger charge is -2.01. The van der Waals surface area contributed by atoms with Gasteiger partial charge in [0, 0.05) is 17.6 Å². The highest BCUT2D eigenvalue weighted by atomic mass is 35.5. The summed E-state index contributed by atoms with van der Waals surface area (Å²) in [5.41, 5.74) is 0. The Morgan fingerprint density at radius 1 is 1.78 bits per heavy atom. The second-order valence-electron chi connectivity index (χ2n) is 1.74. The molecule has 0 fully saturated rings. The Hall–Kier alpha value is 0.110. The maximum atomic E-state index is 9.94. The summed E-state index contributed by atoms with van der Waals surface area (Å²) < 4.78 is 0. The van der Waals surface area contributed by atoms with E-state index in [1.807, 2.05) is 0 Å². The van der Waals surface area contributed by atoms with Gasteiger partial charge in [-0.15, -0.1) is 11.6 Å². The van der Waals surface area contributed by atoms with E-state index in [9.17, 15) is 4.79 Å². The Bertz CT molecular complexity index is 97.0. The van der Waals surface area contributed by atoms with Crippen molar-refractivity contribution >= 4 is 30.2 Å². The number of halogens is 1. The molecule has 4 heteroatoms. The third kappa shape index (κ3) is 5.99. The van der Waals surface area contributed by atoms with Crippen LogP contribution in [0.4, 0.5) is 0 Å². The highest BCUT2D eigenvalue weighted by molar-refractivity contribution is 7.81. The number of aliphatic carboxylic acids is 1. The molecular formula is C5H9ClO2S. The average molecular weight is 169 g/mol. The van der Waals surface area contributed by atoms with E-state index in [0.29, 0.717) is 12.3 Å². The molecule has 0 saturated heterocycles. The Kier molecular flexibility index (Phi) is 5.00. The van der Waals surface area contributed by atoms with Gasteiger partial charge < -0.3 is 5.11 Å². The molecule has 0 aliphatic carbocycles. The Morgan fingerprint density at radius 2 is 2.33 bits per heavy atom. The van der Waals surface area contributed by atoms with Gasteiger partial charge in [0.1, 0.15) is 0 Å². The second kappa shape index (κ2) is 4.94. The van der Waals surface area contributed by atoms with Gasteiger partial charge in [-0.1, -0.05) is 0 Å². The lowest BCUT2D eigenvalue weighted by molar-refractivity contribution is -0.137. The molecule has 9 heavy (non-hydrogen) atoms. The second-order valence-corrected chi connectivity index (χ2v) is 2.78. The fourth-order valence-electron chi connectivity index (χ4n) is 0.367. The van der Waals surface area contributed by atoms with Crippen LogP contribution in [-0.2, 0) is 4.79 Å². The summed E-state index contributed by atoms with van der Waals surface area (Å²) in [7, 11) is 0. The zero-order chi connectivity index (χ0) is 7.28. The van der Waals surface area contributed by atoms with Crippen LogP contribution in [0.5, 0.6) is 0 Å². The van der Waals surface area contributed by atoms with E-state index in [2.05, 4.69) is 12.6 Å². The van der Waals surface area contributed by atoms with Crippen molar-refractivity contribution in [2.75, 3.05) is 5.88 Å². The summed E-state index contributed by atoms with van der Waals surface area (Å²) in [6.07, 6.45) is 0.697. The zero-order valence-electron chi connectivity index (χ0n) is 4.88. The van der Waals surface area contributed by atoms with Gasteiger partial charge >= 0.3 is 5.97 Å². The average Bonchev–Trinajstić information content (AvgIpc) is 1.83. The fourth-order valence-corrected chi connectivity index (χ4v) is 0.651. The first-order chi connectivity index (χ1) is 4.16. The van der Waals surface area contributed by atoms with Gasteiger partial charge in [-0.3, -0.25) is 4.79 Å². The molecule has 54 valence electrons. The Labute approximate surface area is 64.6 Å². The molecule has 1 atom stereocenters. The summed E-state index contributed by atoms with van der Waals surface area (Å²) in [6, 6.07) is 0. The van der Waals surface area contributed by atoms with Crippen LogP contribution in [0.2, 0.25) is 0 Å². The number of carbonyl (C=O) groups is 1. The first kappa shape index (κ1) is 9.11. The highest BCUT2D eigenvalue weighted by Gasteiger charge is 2.03. The molecule has 0 radical (unpaired) electrons. The molecule has 1 unspecified atom stereocenters. The lowest BCUT2D eigenvalue weighted by Crippen LogP contribution is -2.04. The molecule has 0 saturated carbocycles. The summed E-state index contributed by atoms with van der Waals surface area (Å²) in [6.45, 7) is 0. The van der Waals surface area contributed by atoms with Crippen molar-refractivity contribution in [3.8, 4) is 0 Å². The molecular weight excluding hydrogens is 160 g/mol. The van der Waals surface area contributed by atoms with Crippen LogP contribution < -0.4 is 0 Å². The molecule has 0 spiro atoms. The first-order valence-electron chi connectivity index (χ1n) is 2.62. The van der Waals surface area contributed by atoms with Crippen LogP contribution in [0.1, 0.15) is 12.8 Å². The number of rotatable bonds is 4. The molecule has 0 bridgehead atoms. The van der Waals surface area contributed by atoms with Gasteiger partial charge in [0.2, 0.25) is 0 Å². The van der Waals surface area contributed by atoms with E-state index in [1.165, 1.54) is 0 Å². The van der Waals surface area contributed by atoms with Crippen LogP contribution in [-0.4, -0.2) is 22.2 Å². The van der Waals surface area contributed by atoms with E-state index in [0.717, 1.165) is 0 Å². The number of carboxylic acid groups (broad SMARTS) is 1. The van der Waals surface area contributed by atoms with E-state index >= 15 is 0 Å². The predicted octanol–water partition coefficient (Wildman–Crippen LogP) is 1.39. The molecule has 0 aromatic heterocycles. The number of alkyl halides is 1. The topological polar surface area (TPSA) is 37.3 Å². The van der Waals surface area contributed by atoms with Crippen molar-refractivity contribution in [1.29, 1.82) is 0 Å². The number of hydrogen-bond donors (Lipinski definition) is 2. The van der Waals surface area contributed by atoms with Gasteiger partial charge in [0.15, 0.2) is 0 Å². The van der Waals surface area contributed by atoms with Gasteiger partial charge in [0.25, 0.3) is 0 Å². The maximum Gasteiger partial charge on any atom is 0.303 e. The molecule has 0 aliphatic heterocycles. The van der Waals surface area contributed by atoms with Crippen LogP contribution >= 0.6 is 24.2 Å². The molecule has 0 aliphatic rings. The van der Waals surface area contributed by atoms with Crippen molar-refractivity contribution in [2.24, 2.45) is 0 Å². The van der Waals surface area contributed by atoms with Crippen LogP contribution in [0.25, 0.3) is 0 Å². The van der Waals surface area contributed by atoms with E-state index < -0.39 is 5.97 Å². The standard InChI is InChI=1S/C5H9ClO2S/c6-3-4(9)1-2-5(7)8/h4,9H,1-3H2,(H,7,8). The molecule has 0 aromatic carbocycles. The van der Waals surface area contributed by atoms with E-state index in [4.69, 9.17) is 16.7 Å². The van der Waals surface area contributed by atoms with Crippen molar-refractivity contribution in [3.05, 3.63) is 0 Å². The van der Waals surface area contributed by atoms with Crippen molar-refractivity contribution in [1.82, 2.24) is 0 Å². The Balaban J connectivity index is 3.16. The third-order valence-corrected chi connectivity index (χ3v) is 1.90. The minimum Gasteiger partial charge on any atom is -0.481 e. The van der Waals surface area contributed by atoms with E-state index in [-0.39, 0.29) is 11.7 Å². The van der Waals surface area contributed by atoms with Crippen molar-refractivity contribution in [3.63, 3.8) is 0 Å². The summed E-state index contributed by atoms with van der Waals surface area (Å²) in [5, 5.41) is 8.20. The van der Waals surface area contributed by atoms with Crippen LogP contribution in [0, 0.1) is 0 Å². The van der Waals surface area contributed by atoms with Gasteiger partial charge in [-0.2, -0.15) is 12.6 Å². The first-order valence-corrected chi connectivity index (χ1v) is 3.67. The third-order valence-electron chi connectivity index (χ3n) is 0.870. The normalized spacial score (nSPS) is 13.1. The smallest absolute Gasteiger partial charge is 0.303 e. The van der Waals surface area contributed by atoms with Crippen molar-refractivity contribution < 1.29 is 9.90 Å². The van der Waals surface area contributed by atoms with E-state index in [1.54, 1.807) is 0 Å². The summed E-state index contributed by atoms with van der Waals surface area (Å²) >= 11 is 9.38. The van der Waals surface area contributed by atoms with Crippen LogP contribution in [0.15, 0.2) is 0 Å². The van der Waals surface area contributed by atoms with Gasteiger partial charge in [-0.25, -0.2) is 0 Å². The minimum absolute atomic E-state index is 0.0165. The quantitative estimate of drug-likeness (QED) is 0.492. The molecule has 0 rings (SSSR count). The number of carboxylic acids is 1. The molecule has 1 N–H and O–H groups in total. The summed E-state index contributed by atoms with van der Waals surface area (Å²) in [5.74, 6) is -0.379. The molecule has 2 nitrogen and oxygen atoms in total. The molecule has 0 amide bonds. The minimum atomic E-state index is -0.792. The van der Waals surface area contributed by atoms with Gasteiger partial charge in [-0.05, 0) is 6.42 Å². The molecule has 0 heterocycles. The highest BCUT2D eigenvalue weighted by Crippen LogP contribution is 2.05. The molecule has 0 aromatic rings. The zero-order valence-corrected chi connectivity index (χ0v) is 6.53. The SMILES string of the molecule is O=C(O)CCC(S)CCl. The van der Waals surface area contributed by atoms with Crippen molar-refractivity contribution in [2.45, 2.75) is 18.1 Å². The Morgan fingerprint density at radius 3 is 2.67 bits per heavy atom. The predicted molar refractivity (Wildman–Crippen MR) is 40.4 cm³/mol. The summed E-state index contributed by atoms with van der Waals surface area (Å²) in [4.78, 5) is 9.94. The maximum absolute atomic E-state index is 9.94. The number of hydrogen-bond acceptors (Lipinski definition) is 2. The fraction of sp³-hybridized carbons (Fsp3) is 0.800. The van der Waals surface area contributed by atoms with Crippen LogP contribution in [0.3, 0.4) is 0 Å². The number of thiol groups is 1. The largest absolute Gasteiger partial charge is 0.481 e.